The van der Waals surface area contributed by atoms with Crippen molar-refractivity contribution in [1.82, 2.24) is 5.32 Å². The van der Waals surface area contributed by atoms with Gasteiger partial charge in [0.1, 0.15) is 0 Å². The molecule has 0 saturated carbocycles. The molecule has 0 saturated heterocycles. The van der Waals surface area contributed by atoms with Crippen LogP contribution < -0.4 is 10.6 Å². The maximum atomic E-state index is 12.8. The molecule has 0 aliphatic heterocycles. The molecule has 30 heavy (non-hydrogen) atoms. The Balaban J connectivity index is 1.64. The topological polar surface area (TPSA) is 58.2 Å². The molecule has 3 aromatic carbocycles. The minimum atomic E-state index is -0.247. The third kappa shape index (κ3) is 5.85. The van der Waals surface area contributed by atoms with Crippen LogP contribution in [0.15, 0.2) is 72.8 Å². The average Bonchev–Trinajstić information content (AvgIpc) is 2.74. The molecule has 0 bridgehead atoms. The zero-order chi connectivity index (χ0) is 21.5. The second-order valence-electron chi connectivity index (χ2n) is 6.94. The predicted molar refractivity (Wildman–Crippen MR) is 122 cm³/mol. The molecule has 0 spiro atoms. The van der Waals surface area contributed by atoms with Crippen molar-refractivity contribution in [3.63, 3.8) is 0 Å². The number of anilines is 1. The highest BCUT2D eigenvalue weighted by molar-refractivity contribution is 6.35. The van der Waals surface area contributed by atoms with Gasteiger partial charge in [-0.2, -0.15) is 0 Å². The van der Waals surface area contributed by atoms with Gasteiger partial charge in [0.25, 0.3) is 5.91 Å². The fourth-order valence-electron chi connectivity index (χ4n) is 3.07. The van der Waals surface area contributed by atoms with Gasteiger partial charge in [-0.25, -0.2) is 0 Å². The van der Waals surface area contributed by atoms with Crippen molar-refractivity contribution in [1.29, 1.82) is 0 Å². The quantitative estimate of drug-likeness (QED) is 0.469. The summed E-state index contributed by atoms with van der Waals surface area (Å²) in [4.78, 5) is 25.3. The van der Waals surface area contributed by atoms with Crippen LogP contribution in [0.4, 0.5) is 5.69 Å². The third-order valence-corrected chi connectivity index (χ3v) is 5.32. The fraction of sp³-hybridized carbons (Fsp3) is 0.167. The van der Waals surface area contributed by atoms with Gasteiger partial charge in [0.15, 0.2) is 0 Å². The second kappa shape index (κ2) is 10.3. The number of para-hydroxylation sites is 1. The van der Waals surface area contributed by atoms with E-state index in [2.05, 4.69) is 10.6 Å². The monoisotopic (exact) mass is 440 g/mol. The lowest BCUT2D eigenvalue weighted by Gasteiger charge is -2.16. The molecule has 154 valence electrons. The van der Waals surface area contributed by atoms with E-state index in [9.17, 15) is 9.59 Å². The van der Waals surface area contributed by atoms with Crippen LogP contribution in [0.3, 0.4) is 0 Å². The fourth-order valence-corrected chi connectivity index (χ4v) is 3.58. The van der Waals surface area contributed by atoms with Gasteiger partial charge in [0.2, 0.25) is 5.91 Å². The Morgan fingerprint density at radius 1 is 0.933 bits per heavy atom. The molecule has 0 aliphatic carbocycles. The Labute approximate surface area is 186 Å². The first-order chi connectivity index (χ1) is 14.4. The van der Waals surface area contributed by atoms with Crippen molar-refractivity contribution in [2.24, 2.45) is 0 Å². The van der Waals surface area contributed by atoms with E-state index in [1.54, 1.807) is 36.4 Å². The summed E-state index contributed by atoms with van der Waals surface area (Å²) in [5, 5.41) is 6.90. The number of benzene rings is 3. The van der Waals surface area contributed by atoms with E-state index in [1.165, 1.54) is 0 Å². The van der Waals surface area contributed by atoms with Crippen LogP contribution in [0.5, 0.6) is 0 Å². The zero-order valence-corrected chi connectivity index (χ0v) is 18.0. The number of amides is 2. The van der Waals surface area contributed by atoms with Crippen LogP contribution in [0.1, 0.15) is 40.9 Å². The summed E-state index contributed by atoms with van der Waals surface area (Å²) in [6, 6.07) is 21.7. The summed E-state index contributed by atoms with van der Waals surface area (Å²) in [5.41, 5.74) is 2.74. The molecule has 3 rings (SSSR count). The first-order valence-electron chi connectivity index (χ1n) is 9.62. The van der Waals surface area contributed by atoms with Crippen LogP contribution >= 0.6 is 23.2 Å². The van der Waals surface area contributed by atoms with Crippen LogP contribution in [0.2, 0.25) is 10.0 Å². The molecule has 2 amide bonds. The Bertz CT molecular complexity index is 1040. The van der Waals surface area contributed by atoms with Gasteiger partial charge in [-0.1, -0.05) is 71.7 Å². The summed E-state index contributed by atoms with van der Waals surface area (Å²) in [5.74, 6) is -0.444. The van der Waals surface area contributed by atoms with Gasteiger partial charge in [-0.05, 0) is 48.7 Å². The molecular formula is C24H22Cl2N2O2. The molecule has 0 fully saturated rings. The SMILES string of the molecule is CC(NC(=O)c1ccccc1NC(=O)CCc1ccc(Cl)cc1Cl)c1ccccc1. The normalized spacial score (nSPS) is 11.6. The van der Waals surface area contributed by atoms with Crippen molar-refractivity contribution in [2.75, 3.05) is 5.32 Å². The van der Waals surface area contributed by atoms with Gasteiger partial charge in [-0.15, -0.1) is 0 Å². The lowest BCUT2D eigenvalue weighted by atomic mass is 10.1. The Morgan fingerprint density at radius 3 is 2.37 bits per heavy atom. The van der Waals surface area contributed by atoms with Crippen molar-refractivity contribution < 1.29 is 9.59 Å². The second-order valence-corrected chi connectivity index (χ2v) is 7.78. The van der Waals surface area contributed by atoms with E-state index in [0.29, 0.717) is 27.7 Å². The lowest BCUT2D eigenvalue weighted by Crippen LogP contribution is -2.28. The van der Waals surface area contributed by atoms with Gasteiger partial charge < -0.3 is 10.6 Å². The van der Waals surface area contributed by atoms with E-state index in [1.807, 2.05) is 43.3 Å². The van der Waals surface area contributed by atoms with Gasteiger partial charge in [-0.3, -0.25) is 9.59 Å². The summed E-state index contributed by atoms with van der Waals surface area (Å²) < 4.78 is 0. The minimum Gasteiger partial charge on any atom is -0.345 e. The maximum Gasteiger partial charge on any atom is 0.253 e. The van der Waals surface area contributed by atoms with Gasteiger partial charge in [0, 0.05) is 16.5 Å². The molecule has 4 nitrogen and oxygen atoms in total. The van der Waals surface area contributed by atoms with Crippen LogP contribution in [-0.4, -0.2) is 11.8 Å². The van der Waals surface area contributed by atoms with Gasteiger partial charge >= 0.3 is 0 Å². The van der Waals surface area contributed by atoms with E-state index >= 15 is 0 Å². The van der Waals surface area contributed by atoms with E-state index < -0.39 is 0 Å². The first-order valence-corrected chi connectivity index (χ1v) is 10.4. The number of hydrogen-bond acceptors (Lipinski definition) is 2. The first kappa shape index (κ1) is 21.9. The Hall–Kier alpha value is -2.82. The van der Waals surface area contributed by atoms with Crippen molar-refractivity contribution in [3.8, 4) is 0 Å². The van der Waals surface area contributed by atoms with Crippen LogP contribution in [0.25, 0.3) is 0 Å². The summed E-state index contributed by atoms with van der Waals surface area (Å²) in [7, 11) is 0. The lowest BCUT2D eigenvalue weighted by molar-refractivity contribution is -0.116. The number of aryl methyl sites for hydroxylation is 1. The number of nitrogens with one attached hydrogen (secondary N) is 2. The van der Waals surface area contributed by atoms with E-state index in [0.717, 1.165) is 11.1 Å². The van der Waals surface area contributed by atoms with Crippen molar-refractivity contribution in [2.45, 2.75) is 25.8 Å². The highest BCUT2D eigenvalue weighted by atomic mass is 35.5. The highest BCUT2D eigenvalue weighted by Crippen LogP contribution is 2.23. The Kier molecular flexibility index (Phi) is 7.50. The Morgan fingerprint density at radius 2 is 1.63 bits per heavy atom. The average molecular weight is 441 g/mol. The molecule has 2 N–H and O–H groups in total. The number of carbonyl (C=O) groups is 2. The molecule has 0 aromatic heterocycles. The molecule has 0 radical (unpaired) electrons. The zero-order valence-electron chi connectivity index (χ0n) is 16.5. The molecule has 0 heterocycles. The molecule has 1 atom stereocenters. The number of carbonyl (C=O) groups excluding carboxylic acids is 2. The minimum absolute atomic E-state index is 0.158. The molecule has 6 heteroatoms. The predicted octanol–water partition coefficient (Wildman–Crippen LogP) is 6.06. The van der Waals surface area contributed by atoms with Gasteiger partial charge in [0.05, 0.1) is 17.3 Å². The largest absolute Gasteiger partial charge is 0.345 e. The number of hydrogen-bond donors (Lipinski definition) is 2. The molecule has 1 unspecified atom stereocenters. The summed E-state index contributed by atoms with van der Waals surface area (Å²) in [6.45, 7) is 1.92. The third-order valence-electron chi connectivity index (χ3n) is 4.73. The van der Waals surface area contributed by atoms with Crippen LogP contribution in [-0.2, 0) is 11.2 Å². The number of rotatable bonds is 7. The van der Waals surface area contributed by atoms with E-state index in [4.69, 9.17) is 23.2 Å². The summed E-state index contributed by atoms with van der Waals surface area (Å²) in [6.07, 6.45) is 0.707. The van der Waals surface area contributed by atoms with Crippen molar-refractivity contribution >= 4 is 40.7 Å². The molecule has 0 aliphatic rings. The van der Waals surface area contributed by atoms with Crippen molar-refractivity contribution in [3.05, 3.63) is 99.5 Å². The van der Waals surface area contributed by atoms with Crippen LogP contribution in [0, 0.1) is 0 Å². The highest BCUT2D eigenvalue weighted by Gasteiger charge is 2.16. The van der Waals surface area contributed by atoms with E-state index in [-0.39, 0.29) is 24.3 Å². The summed E-state index contributed by atoms with van der Waals surface area (Å²) >= 11 is 12.1. The maximum absolute atomic E-state index is 12.8. The number of halogens is 2. The molecule has 3 aromatic rings. The molecular weight excluding hydrogens is 419 g/mol. The smallest absolute Gasteiger partial charge is 0.253 e. The standard InChI is InChI=1S/C24H22Cl2N2O2/c1-16(17-7-3-2-4-8-17)27-24(30)20-9-5-6-10-22(20)28-23(29)14-12-18-11-13-19(25)15-21(18)26/h2-11,13,15-16H,12,14H2,1H3,(H,27,30)(H,28,29).